The number of hydrogen-bond donors (Lipinski definition) is 0. The van der Waals surface area contributed by atoms with Gasteiger partial charge in [-0.1, -0.05) is 20.8 Å². The first kappa shape index (κ1) is 12.4. The molecule has 2 aliphatic heterocycles. The normalized spacial score (nSPS) is 32.2. The van der Waals surface area contributed by atoms with Crippen molar-refractivity contribution in [2.75, 3.05) is 39.3 Å². The predicted octanol–water partition coefficient (Wildman–Crippen LogP) is 2.31. The summed E-state index contributed by atoms with van der Waals surface area (Å²) in [5, 5.41) is 0. The lowest BCUT2D eigenvalue weighted by Crippen LogP contribution is -2.39. The molecule has 0 saturated carbocycles. The maximum absolute atomic E-state index is 2.72. The van der Waals surface area contributed by atoms with Gasteiger partial charge in [0.1, 0.15) is 0 Å². The first-order chi connectivity index (χ1) is 7.69. The molecule has 2 unspecified atom stereocenters. The number of nitrogens with zero attached hydrogens (tertiary/aromatic N) is 2. The minimum Gasteiger partial charge on any atom is -0.303 e. The molecule has 0 amide bonds. The minimum absolute atomic E-state index is 0.856. The monoisotopic (exact) mass is 224 g/mol. The maximum atomic E-state index is 2.72. The van der Waals surface area contributed by atoms with Crippen molar-refractivity contribution in [1.82, 2.24) is 9.80 Å². The van der Waals surface area contributed by atoms with E-state index in [2.05, 4.69) is 30.6 Å². The summed E-state index contributed by atoms with van der Waals surface area (Å²) in [5.41, 5.74) is 0. The zero-order chi connectivity index (χ0) is 11.5. The molecule has 2 heterocycles. The van der Waals surface area contributed by atoms with Crippen LogP contribution >= 0.6 is 0 Å². The summed E-state index contributed by atoms with van der Waals surface area (Å²) >= 11 is 0. The highest BCUT2D eigenvalue weighted by Crippen LogP contribution is 2.31. The summed E-state index contributed by atoms with van der Waals surface area (Å²) in [4.78, 5) is 5.35. The molecule has 0 N–H and O–H groups in total. The third-order valence-corrected chi connectivity index (χ3v) is 4.43. The van der Waals surface area contributed by atoms with E-state index < -0.39 is 0 Å². The SMILES string of the molecule is CCN1CCC2CN(CCC(C)C)CC2C1. The topological polar surface area (TPSA) is 6.48 Å². The van der Waals surface area contributed by atoms with Gasteiger partial charge in [-0.15, -0.1) is 0 Å². The highest BCUT2D eigenvalue weighted by atomic mass is 15.2. The average Bonchev–Trinajstić information content (AvgIpc) is 2.67. The minimum atomic E-state index is 0.856. The van der Waals surface area contributed by atoms with E-state index in [1.807, 2.05) is 0 Å². The van der Waals surface area contributed by atoms with Crippen molar-refractivity contribution in [3.8, 4) is 0 Å². The van der Waals surface area contributed by atoms with Crippen molar-refractivity contribution in [1.29, 1.82) is 0 Å². The van der Waals surface area contributed by atoms with Crippen molar-refractivity contribution in [2.24, 2.45) is 17.8 Å². The highest BCUT2D eigenvalue weighted by Gasteiger charge is 2.36. The van der Waals surface area contributed by atoms with Gasteiger partial charge in [-0.05, 0) is 50.2 Å². The molecule has 0 spiro atoms. The molecular formula is C14H28N2. The molecule has 94 valence electrons. The van der Waals surface area contributed by atoms with E-state index in [1.165, 1.54) is 52.1 Å². The summed E-state index contributed by atoms with van der Waals surface area (Å²) in [5.74, 6) is 2.84. The number of rotatable bonds is 4. The van der Waals surface area contributed by atoms with Gasteiger partial charge in [0.05, 0.1) is 0 Å². The van der Waals surface area contributed by atoms with Crippen molar-refractivity contribution >= 4 is 0 Å². The molecule has 2 fully saturated rings. The van der Waals surface area contributed by atoms with Gasteiger partial charge < -0.3 is 9.80 Å². The molecule has 0 aromatic heterocycles. The van der Waals surface area contributed by atoms with Crippen LogP contribution in [-0.2, 0) is 0 Å². The summed E-state index contributed by atoms with van der Waals surface area (Å²) in [7, 11) is 0. The van der Waals surface area contributed by atoms with Crippen LogP contribution in [0.1, 0.15) is 33.6 Å². The Balaban J connectivity index is 1.77. The fraction of sp³-hybridized carbons (Fsp3) is 1.00. The molecule has 0 bridgehead atoms. The van der Waals surface area contributed by atoms with Gasteiger partial charge >= 0.3 is 0 Å². The van der Waals surface area contributed by atoms with Crippen LogP contribution in [-0.4, -0.2) is 49.1 Å². The third kappa shape index (κ3) is 2.98. The first-order valence-electron chi connectivity index (χ1n) is 7.13. The number of hydrogen-bond acceptors (Lipinski definition) is 2. The summed E-state index contributed by atoms with van der Waals surface area (Å²) < 4.78 is 0. The summed E-state index contributed by atoms with van der Waals surface area (Å²) in [6.45, 7) is 15.0. The molecule has 0 aromatic rings. The maximum Gasteiger partial charge on any atom is 0.00252 e. The van der Waals surface area contributed by atoms with E-state index in [1.54, 1.807) is 0 Å². The summed E-state index contributed by atoms with van der Waals surface area (Å²) in [6.07, 6.45) is 2.81. The molecule has 0 aliphatic carbocycles. The van der Waals surface area contributed by atoms with E-state index >= 15 is 0 Å². The molecule has 2 aliphatic rings. The second kappa shape index (κ2) is 5.50. The summed E-state index contributed by atoms with van der Waals surface area (Å²) in [6, 6.07) is 0. The largest absolute Gasteiger partial charge is 0.303 e. The molecule has 2 rings (SSSR count). The fourth-order valence-electron chi connectivity index (χ4n) is 3.25. The van der Waals surface area contributed by atoms with Crippen molar-refractivity contribution < 1.29 is 0 Å². The molecule has 16 heavy (non-hydrogen) atoms. The van der Waals surface area contributed by atoms with Crippen molar-refractivity contribution in [3.05, 3.63) is 0 Å². The lowest BCUT2D eigenvalue weighted by molar-refractivity contribution is 0.155. The third-order valence-electron chi connectivity index (χ3n) is 4.43. The van der Waals surface area contributed by atoms with Crippen LogP contribution in [0, 0.1) is 17.8 Å². The Morgan fingerprint density at radius 2 is 1.75 bits per heavy atom. The van der Waals surface area contributed by atoms with Crippen LogP contribution in [0.25, 0.3) is 0 Å². The van der Waals surface area contributed by atoms with Gasteiger partial charge in [-0.2, -0.15) is 0 Å². The Labute approximate surface area is 101 Å². The molecular weight excluding hydrogens is 196 g/mol. The lowest BCUT2D eigenvalue weighted by atomic mass is 9.89. The van der Waals surface area contributed by atoms with Gasteiger partial charge in [0.25, 0.3) is 0 Å². The molecule has 0 aromatic carbocycles. The second-order valence-electron chi connectivity index (χ2n) is 6.14. The fourth-order valence-corrected chi connectivity index (χ4v) is 3.25. The van der Waals surface area contributed by atoms with Gasteiger partial charge in [0.15, 0.2) is 0 Å². The number of fused-ring (bicyclic) bond motifs is 1. The van der Waals surface area contributed by atoms with E-state index in [0.717, 1.165) is 17.8 Å². The van der Waals surface area contributed by atoms with E-state index in [9.17, 15) is 0 Å². The van der Waals surface area contributed by atoms with Crippen LogP contribution in [0.15, 0.2) is 0 Å². The number of likely N-dealkylation sites (tertiary alicyclic amines) is 2. The van der Waals surface area contributed by atoms with Crippen LogP contribution in [0.5, 0.6) is 0 Å². The second-order valence-corrected chi connectivity index (χ2v) is 6.14. The zero-order valence-corrected chi connectivity index (χ0v) is 11.3. The van der Waals surface area contributed by atoms with Crippen molar-refractivity contribution in [2.45, 2.75) is 33.6 Å². The Morgan fingerprint density at radius 1 is 1.06 bits per heavy atom. The molecule has 2 saturated heterocycles. The molecule has 2 nitrogen and oxygen atoms in total. The predicted molar refractivity (Wildman–Crippen MR) is 69.6 cm³/mol. The van der Waals surface area contributed by atoms with E-state index in [-0.39, 0.29) is 0 Å². The Morgan fingerprint density at radius 3 is 2.44 bits per heavy atom. The Hall–Kier alpha value is -0.0800. The van der Waals surface area contributed by atoms with Crippen molar-refractivity contribution in [3.63, 3.8) is 0 Å². The van der Waals surface area contributed by atoms with Gasteiger partial charge in [0.2, 0.25) is 0 Å². The van der Waals surface area contributed by atoms with Crippen LogP contribution in [0.4, 0.5) is 0 Å². The molecule has 2 heteroatoms. The van der Waals surface area contributed by atoms with Gasteiger partial charge in [-0.25, -0.2) is 0 Å². The van der Waals surface area contributed by atoms with Crippen LogP contribution in [0.2, 0.25) is 0 Å². The smallest absolute Gasteiger partial charge is 0.00252 e. The Kier molecular flexibility index (Phi) is 4.26. The molecule has 2 atom stereocenters. The first-order valence-corrected chi connectivity index (χ1v) is 7.13. The zero-order valence-electron chi connectivity index (χ0n) is 11.3. The van der Waals surface area contributed by atoms with E-state index in [0.29, 0.717) is 0 Å². The highest BCUT2D eigenvalue weighted by molar-refractivity contribution is 4.89. The van der Waals surface area contributed by atoms with Crippen LogP contribution < -0.4 is 0 Å². The van der Waals surface area contributed by atoms with Crippen LogP contribution in [0.3, 0.4) is 0 Å². The quantitative estimate of drug-likeness (QED) is 0.723. The van der Waals surface area contributed by atoms with Gasteiger partial charge in [-0.3, -0.25) is 0 Å². The van der Waals surface area contributed by atoms with E-state index in [4.69, 9.17) is 0 Å². The average molecular weight is 224 g/mol. The lowest BCUT2D eigenvalue weighted by Gasteiger charge is -2.33. The molecule has 0 radical (unpaired) electrons. The standard InChI is InChI=1S/C14H28N2/c1-4-15-8-6-13-9-16(7-5-12(2)3)11-14(13)10-15/h12-14H,4-11H2,1-3H3. The Bertz CT molecular complexity index is 215. The number of piperidine rings is 1. The van der Waals surface area contributed by atoms with Gasteiger partial charge in [0, 0.05) is 19.6 Å².